The van der Waals surface area contributed by atoms with Crippen LogP contribution >= 0.6 is 11.8 Å². The van der Waals surface area contributed by atoms with Crippen LogP contribution in [0.25, 0.3) is 0 Å². The maximum Gasteiger partial charge on any atom is 0.313 e. The lowest BCUT2D eigenvalue weighted by molar-refractivity contribution is -0.134. The Hall–Kier alpha value is -3.09. The Bertz CT molecular complexity index is 916. The molecule has 0 saturated carbocycles. The number of carboxylic acids is 1. The van der Waals surface area contributed by atoms with Crippen LogP contribution in [0.2, 0.25) is 0 Å². The normalized spacial score (nSPS) is 18.3. The van der Waals surface area contributed by atoms with Gasteiger partial charge in [-0.15, -0.1) is 11.8 Å². The Morgan fingerprint density at radius 2 is 1.30 bits per heavy atom. The van der Waals surface area contributed by atoms with Gasteiger partial charge in [0.05, 0.1) is 16.7 Å². The monoisotopic (exact) mass is 418 g/mol. The Kier molecular flexibility index (Phi) is 5.88. The first-order valence-corrected chi connectivity index (χ1v) is 10.7. The van der Waals surface area contributed by atoms with Gasteiger partial charge in [-0.3, -0.25) is 14.9 Å². The molecule has 0 spiro atoms. The summed E-state index contributed by atoms with van der Waals surface area (Å²) in [6, 6.07) is 29.5. The van der Waals surface area contributed by atoms with Crippen LogP contribution in [0.1, 0.15) is 16.7 Å². The van der Waals surface area contributed by atoms with Crippen LogP contribution in [-0.2, 0) is 15.1 Å². The van der Waals surface area contributed by atoms with E-state index in [-0.39, 0.29) is 17.0 Å². The number of carbonyl (C=O) groups is 2. The Morgan fingerprint density at radius 1 is 0.867 bits per heavy atom. The van der Waals surface area contributed by atoms with E-state index in [1.54, 1.807) is 0 Å². The average molecular weight is 419 g/mol. The molecule has 4 rings (SSSR count). The van der Waals surface area contributed by atoms with E-state index in [0.717, 1.165) is 16.7 Å². The zero-order chi connectivity index (χ0) is 21.0. The third-order valence-electron chi connectivity index (χ3n) is 5.25. The number of hydrogen-bond acceptors (Lipinski definition) is 4. The molecule has 5 nitrogen and oxygen atoms in total. The fraction of sp³-hybridized carbons (Fsp3) is 0.167. The van der Waals surface area contributed by atoms with E-state index in [0.29, 0.717) is 0 Å². The Balaban J connectivity index is 1.83. The highest BCUT2D eigenvalue weighted by molar-refractivity contribution is 8.00. The molecule has 1 fully saturated rings. The molecule has 1 saturated heterocycles. The first-order chi connectivity index (χ1) is 14.6. The second-order valence-electron chi connectivity index (χ2n) is 7.10. The summed E-state index contributed by atoms with van der Waals surface area (Å²) in [5, 5.41) is 15.2. The molecule has 0 bridgehead atoms. The molecule has 2 atom stereocenters. The van der Waals surface area contributed by atoms with Crippen molar-refractivity contribution in [3.8, 4) is 0 Å². The standard InChI is InChI=1S/C24H22N2O3S/c27-20(28)16-30-23-21(22(29)25-23)26-24(17-10-4-1-5-11-17,18-12-6-2-7-13-18)19-14-8-3-9-15-19/h1-15,21,23,26H,16H2,(H,25,29)(H,27,28). The smallest absolute Gasteiger partial charge is 0.313 e. The van der Waals surface area contributed by atoms with Crippen molar-refractivity contribution in [2.45, 2.75) is 17.0 Å². The molecule has 1 amide bonds. The Morgan fingerprint density at radius 3 is 1.67 bits per heavy atom. The molecular formula is C24H22N2O3S. The predicted molar refractivity (Wildman–Crippen MR) is 118 cm³/mol. The number of rotatable bonds is 8. The van der Waals surface area contributed by atoms with E-state index < -0.39 is 17.6 Å². The number of β-lactam (4-membered cyclic amide) rings is 1. The molecule has 0 aliphatic carbocycles. The number of amides is 1. The summed E-state index contributed by atoms with van der Waals surface area (Å²) in [4.78, 5) is 23.6. The molecule has 152 valence electrons. The van der Waals surface area contributed by atoms with Crippen molar-refractivity contribution in [1.82, 2.24) is 10.6 Å². The van der Waals surface area contributed by atoms with Gasteiger partial charge < -0.3 is 10.4 Å². The molecule has 6 heteroatoms. The third-order valence-corrected chi connectivity index (χ3v) is 6.41. The number of aliphatic carboxylic acids is 1. The van der Waals surface area contributed by atoms with Gasteiger partial charge in [0, 0.05) is 0 Å². The molecule has 1 aliphatic heterocycles. The van der Waals surface area contributed by atoms with Gasteiger partial charge in [0.1, 0.15) is 6.04 Å². The minimum Gasteiger partial charge on any atom is -0.481 e. The molecular weight excluding hydrogens is 396 g/mol. The maximum atomic E-state index is 12.5. The molecule has 2 unspecified atom stereocenters. The van der Waals surface area contributed by atoms with Crippen molar-refractivity contribution in [3.05, 3.63) is 108 Å². The zero-order valence-corrected chi connectivity index (χ0v) is 17.0. The van der Waals surface area contributed by atoms with E-state index in [9.17, 15) is 9.59 Å². The van der Waals surface area contributed by atoms with E-state index in [1.165, 1.54) is 11.8 Å². The molecule has 3 aromatic rings. The topological polar surface area (TPSA) is 78.4 Å². The summed E-state index contributed by atoms with van der Waals surface area (Å²) in [7, 11) is 0. The van der Waals surface area contributed by atoms with Gasteiger partial charge in [0.2, 0.25) is 5.91 Å². The second-order valence-corrected chi connectivity index (χ2v) is 8.23. The van der Waals surface area contributed by atoms with E-state index >= 15 is 0 Å². The minimum atomic E-state index is -0.902. The summed E-state index contributed by atoms with van der Waals surface area (Å²) in [6.07, 6.45) is 0. The van der Waals surface area contributed by atoms with Crippen molar-refractivity contribution in [3.63, 3.8) is 0 Å². The number of nitrogens with one attached hydrogen (secondary N) is 2. The lowest BCUT2D eigenvalue weighted by atomic mass is 9.76. The van der Waals surface area contributed by atoms with E-state index in [4.69, 9.17) is 5.11 Å². The zero-order valence-electron chi connectivity index (χ0n) is 16.2. The predicted octanol–water partition coefficient (Wildman–Crippen LogP) is 3.21. The van der Waals surface area contributed by atoms with Gasteiger partial charge in [-0.1, -0.05) is 91.0 Å². The van der Waals surface area contributed by atoms with Crippen LogP contribution in [0.3, 0.4) is 0 Å². The van der Waals surface area contributed by atoms with Crippen molar-refractivity contribution in [2.75, 3.05) is 5.75 Å². The highest BCUT2D eigenvalue weighted by Gasteiger charge is 2.47. The number of thioether (sulfide) groups is 1. The molecule has 1 heterocycles. The number of carbonyl (C=O) groups excluding carboxylic acids is 1. The van der Waals surface area contributed by atoms with Crippen LogP contribution in [0.4, 0.5) is 0 Å². The number of hydrogen-bond donors (Lipinski definition) is 3. The van der Waals surface area contributed by atoms with E-state index in [2.05, 4.69) is 10.6 Å². The minimum absolute atomic E-state index is 0.0713. The largest absolute Gasteiger partial charge is 0.481 e. The lowest BCUT2D eigenvalue weighted by Gasteiger charge is -2.45. The SMILES string of the molecule is O=C(O)CSC1NC(=O)C1NC(c1ccccc1)(c1ccccc1)c1ccccc1. The van der Waals surface area contributed by atoms with Gasteiger partial charge in [-0.2, -0.15) is 0 Å². The van der Waals surface area contributed by atoms with E-state index in [1.807, 2.05) is 91.0 Å². The number of carboxylic acid groups (broad SMARTS) is 1. The average Bonchev–Trinajstić information content (AvgIpc) is 2.79. The first kappa shape index (κ1) is 20.2. The van der Waals surface area contributed by atoms with Gasteiger partial charge in [-0.25, -0.2) is 0 Å². The van der Waals surface area contributed by atoms with Gasteiger partial charge >= 0.3 is 5.97 Å². The highest BCUT2D eigenvalue weighted by atomic mass is 32.2. The molecule has 30 heavy (non-hydrogen) atoms. The van der Waals surface area contributed by atoms with Crippen molar-refractivity contribution in [2.24, 2.45) is 0 Å². The summed E-state index contributed by atoms with van der Waals surface area (Å²) in [6.45, 7) is 0. The summed E-state index contributed by atoms with van der Waals surface area (Å²) >= 11 is 1.22. The molecule has 1 aliphatic rings. The summed E-state index contributed by atoms with van der Waals surface area (Å²) < 4.78 is 0. The van der Waals surface area contributed by atoms with Gasteiger partial charge in [-0.05, 0) is 16.7 Å². The second kappa shape index (κ2) is 8.73. The van der Waals surface area contributed by atoms with Crippen LogP contribution in [0.15, 0.2) is 91.0 Å². The van der Waals surface area contributed by atoms with Crippen LogP contribution in [0.5, 0.6) is 0 Å². The molecule has 3 aromatic carbocycles. The van der Waals surface area contributed by atoms with Gasteiger partial charge in [0.15, 0.2) is 0 Å². The van der Waals surface area contributed by atoms with Gasteiger partial charge in [0.25, 0.3) is 0 Å². The maximum absolute atomic E-state index is 12.5. The quantitative estimate of drug-likeness (QED) is 0.387. The molecule has 3 N–H and O–H groups in total. The lowest BCUT2D eigenvalue weighted by Crippen LogP contribution is -2.70. The van der Waals surface area contributed by atoms with Crippen molar-refractivity contribution < 1.29 is 14.7 Å². The Labute approximate surface area is 179 Å². The number of benzene rings is 3. The highest BCUT2D eigenvalue weighted by Crippen LogP contribution is 2.38. The summed E-state index contributed by atoms with van der Waals surface area (Å²) in [5.74, 6) is -1.11. The summed E-state index contributed by atoms with van der Waals surface area (Å²) in [5.41, 5.74) is 2.24. The third kappa shape index (κ3) is 3.84. The first-order valence-electron chi connectivity index (χ1n) is 9.69. The van der Waals surface area contributed by atoms with Crippen LogP contribution in [-0.4, -0.2) is 34.2 Å². The fourth-order valence-electron chi connectivity index (χ4n) is 3.84. The van der Waals surface area contributed by atoms with Crippen LogP contribution in [0, 0.1) is 0 Å². The molecule has 0 radical (unpaired) electrons. The van der Waals surface area contributed by atoms with Crippen molar-refractivity contribution in [1.29, 1.82) is 0 Å². The molecule has 0 aromatic heterocycles. The fourth-order valence-corrected chi connectivity index (χ4v) is 4.75. The van der Waals surface area contributed by atoms with Crippen LogP contribution < -0.4 is 10.6 Å². The van der Waals surface area contributed by atoms with Crippen molar-refractivity contribution >= 4 is 23.6 Å².